The van der Waals surface area contributed by atoms with E-state index in [1.165, 1.54) is 15.9 Å². The highest BCUT2D eigenvalue weighted by Gasteiger charge is 2.45. The molecule has 1 heterocycles. The van der Waals surface area contributed by atoms with Gasteiger partial charge in [-0.2, -0.15) is 0 Å². The molecule has 5 nitrogen and oxygen atoms in total. The summed E-state index contributed by atoms with van der Waals surface area (Å²) in [4.78, 5) is 30.6. The zero-order valence-corrected chi connectivity index (χ0v) is 15.2. The van der Waals surface area contributed by atoms with Crippen molar-refractivity contribution in [1.82, 2.24) is 9.80 Å². The number of hydrogen-bond donors (Lipinski definition) is 0. The van der Waals surface area contributed by atoms with Crippen molar-refractivity contribution in [3.8, 4) is 0 Å². The molecule has 0 radical (unpaired) electrons. The van der Waals surface area contributed by atoms with E-state index in [1.807, 2.05) is 35.2 Å². The number of imide groups is 1. The Morgan fingerprint density at radius 2 is 1.70 bits per heavy atom. The summed E-state index contributed by atoms with van der Waals surface area (Å²) in [7, 11) is 0. The highest BCUT2D eigenvalue weighted by molar-refractivity contribution is 6.14. The second-order valence-corrected chi connectivity index (χ2v) is 7.14. The average molecular weight is 367 g/mol. The third kappa shape index (κ3) is 3.45. The standard InChI is InChI=1S/C21H22FN3O2/c1-15-20(26)24(21(27)25(15)18-8-3-2-4-9-18)14-23(17-11-12-17)13-16-7-5-6-10-19(16)22/h2-10,15,17H,11-14H2,1H3. The molecule has 140 valence electrons. The molecule has 1 unspecified atom stereocenters. The predicted molar refractivity (Wildman–Crippen MR) is 100 cm³/mol. The largest absolute Gasteiger partial charge is 0.333 e. The second-order valence-electron chi connectivity index (χ2n) is 7.14. The van der Waals surface area contributed by atoms with Gasteiger partial charge in [0.05, 0.1) is 6.67 Å². The van der Waals surface area contributed by atoms with Crippen LogP contribution in [0.2, 0.25) is 0 Å². The number of nitrogens with zero attached hydrogens (tertiary/aromatic N) is 3. The molecule has 3 amide bonds. The number of benzene rings is 2. The van der Waals surface area contributed by atoms with Crippen LogP contribution in [-0.4, -0.2) is 40.5 Å². The van der Waals surface area contributed by atoms with Gasteiger partial charge in [-0.15, -0.1) is 0 Å². The molecular formula is C21H22FN3O2. The molecule has 1 saturated carbocycles. The molecule has 0 N–H and O–H groups in total. The maximum absolute atomic E-state index is 14.1. The molecule has 2 fully saturated rings. The van der Waals surface area contributed by atoms with Crippen LogP contribution in [-0.2, 0) is 11.3 Å². The third-order valence-electron chi connectivity index (χ3n) is 5.20. The molecule has 0 spiro atoms. The number of hydrogen-bond acceptors (Lipinski definition) is 3. The van der Waals surface area contributed by atoms with E-state index in [1.54, 1.807) is 25.1 Å². The van der Waals surface area contributed by atoms with Gasteiger partial charge in [0.2, 0.25) is 0 Å². The lowest BCUT2D eigenvalue weighted by molar-refractivity contribution is -0.128. The minimum Gasteiger partial charge on any atom is -0.282 e. The lowest BCUT2D eigenvalue weighted by Crippen LogP contribution is -2.43. The fourth-order valence-electron chi connectivity index (χ4n) is 3.54. The highest BCUT2D eigenvalue weighted by Crippen LogP contribution is 2.31. The zero-order chi connectivity index (χ0) is 19.0. The smallest absolute Gasteiger partial charge is 0.282 e. The second kappa shape index (κ2) is 7.12. The fraction of sp³-hybridized carbons (Fsp3) is 0.333. The van der Waals surface area contributed by atoms with E-state index in [0.29, 0.717) is 17.8 Å². The summed E-state index contributed by atoms with van der Waals surface area (Å²) in [6.45, 7) is 2.31. The number of urea groups is 1. The predicted octanol–water partition coefficient (Wildman–Crippen LogP) is 3.60. The molecule has 27 heavy (non-hydrogen) atoms. The number of carbonyl (C=O) groups excluding carboxylic acids is 2. The van der Waals surface area contributed by atoms with Crippen molar-refractivity contribution < 1.29 is 14.0 Å². The van der Waals surface area contributed by atoms with E-state index < -0.39 is 6.04 Å². The van der Waals surface area contributed by atoms with E-state index >= 15 is 0 Å². The molecule has 1 saturated heterocycles. The lowest BCUT2D eigenvalue weighted by atomic mass is 10.2. The molecule has 6 heteroatoms. The summed E-state index contributed by atoms with van der Waals surface area (Å²) in [6.07, 6.45) is 2.01. The van der Waals surface area contributed by atoms with Crippen LogP contribution in [0, 0.1) is 5.82 Å². The Morgan fingerprint density at radius 1 is 1.04 bits per heavy atom. The van der Waals surface area contributed by atoms with Crippen molar-refractivity contribution in [3.05, 3.63) is 66.0 Å². The Kier molecular flexibility index (Phi) is 4.66. The molecule has 2 aromatic rings. The Balaban J connectivity index is 1.54. The Bertz CT molecular complexity index is 854. The molecule has 0 aromatic heterocycles. The van der Waals surface area contributed by atoms with E-state index in [0.717, 1.165) is 12.8 Å². The Hall–Kier alpha value is -2.73. The monoisotopic (exact) mass is 367 g/mol. The lowest BCUT2D eigenvalue weighted by Gasteiger charge is -2.27. The number of rotatable bonds is 6. The molecule has 1 atom stereocenters. The summed E-state index contributed by atoms with van der Waals surface area (Å²) in [5, 5.41) is 0. The first-order chi connectivity index (χ1) is 13.1. The zero-order valence-electron chi connectivity index (χ0n) is 15.2. The van der Waals surface area contributed by atoms with E-state index in [9.17, 15) is 14.0 Å². The van der Waals surface area contributed by atoms with Gasteiger partial charge in [-0.25, -0.2) is 14.1 Å². The topological polar surface area (TPSA) is 43.9 Å². The highest BCUT2D eigenvalue weighted by atomic mass is 19.1. The van der Waals surface area contributed by atoms with Gasteiger partial charge < -0.3 is 0 Å². The molecule has 4 rings (SSSR count). The van der Waals surface area contributed by atoms with Crippen molar-refractivity contribution >= 4 is 17.6 Å². The number of amides is 3. The first-order valence-electron chi connectivity index (χ1n) is 9.23. The van der Waals surface area contributed by atoms with Gasteiger partial charge in [-0.05, 0) is 38.0 Å². The summed E-state index contributed by atoms with van der Waals surface area (Å²) in [5.41, 5.74) is 1.29. The van der Waals surface area contributed by atoms with Gasteiger partial charge >= 0.3 is 6.03 Å². The molecule has 0 bridgehead atoms. The van der Waals surface area contributed by atoms with E-state index in [4.69, 9.17) is 0 Å². The van der Waals surface area contributed by atoms with Crippen LogP contribution in [0.5, 0.6) is 0 Å². The van der Waals surface area contributed by atoms with Gasteiger partial charge in [-0.3, -0.25) is 14.6 Å². The minimum atomic E-state index is -0.547. The number of carbonyl (C=O) groups is 2. The van der Waals surface area contributed by atoms with Gasteiger partial charge in [-0.1, -0.05) is 36.4 Å². The van der Waals surface area contributed by atoms with Gasteiger partial charge in [0.25, 0.3) is 5.91 Å². The van der Waals surface area contributed by atoms with Gasteiger partial charge in [0, 0.05) is 23.8 Å². The van der Waals surface area contributed by atoms with Crippen LogP contribution in [0.4, 0.5) is 14.9 Å². The summed E-state index contributed by atoms with van der Waals surface area (Å²) < 4.78 is 14.1. The van der Waals surface area contributed by atoms with Crippen LogP contribution in [0.1, 0.15) is 25.3 Å². The van der Waals surface area contributed by atoms with Crippen LogP contribution in [0.15, 0.2) is 54.6 Å². The quantitative estimate of drug-likeness (QED) is 0.733. The van der Waals surface area contributed by atoms with Gasteiger partial charge in [0.15, 0.2) is 0 Å². The van der Waals surface area contributed by atoms with Gasteiger partial charge in [0.1, 0.15) is 11.9 Å². The van der Waals surface area contributed by atoms with Crippen LogP contribution in [0.25, 0.3) is 0 Å². The van der Waals surface area contributed by atoms with Crippen molar-refractivity contribution in [1.29, 1.82) is 0 Å². The maximum atomic E-state index is 14.1. The maximum Gasteiger partial charge on any atom is 0.333 e. The van der Waals surface area contributed by atoms with Crippen LogP contribution >= 0.6 is 0 Å². The summed E-state index contributed by atoms with van der Waals surface area (Å²) in [6, 6.07) is 15.3. The number of anilines is 1. The first-order valence-corrected chi connectivity index (χ1v) is 9.23. The average Bonchev–Trinajstić information content (AvgIpc) is 3.49. The Labute approximate surface area is 158 Å². The molecule has 1 aliphatic heterocycles. The third-order valence-corrected chi connectivity index (χ3v) is 5.20. The first kappa shape index (κ1) is 17.7. The number of halogens is 1. The summed E-state index contributed by atoms with van der Waals surface area (Å²) in [5.74, 6) is -0.482. The van der Waals surface area contributed by atoms with Crippen molar-refractivity contribution in [2.24, 2.45) is 0 Å². The number of para-hydroxylation sites is 1. The van der Waals surface area contributed by atoms with Crippen molar-refractivity contribution in [3.63, 3.8) is 0 Å². The van der Waals surface area contributed by atoms with Crippen LogP contribution in [0.3, 0.4) is 0 Å². The normalized spacial score (nSPS) is 20.0. The van der Waals surface area contributed by atoms with E-state index in [-0.39, 0.29) is 30.5 Å². The SMILES string of the molecule is CC1C(=O)N(CN(Cc2ccccc2F)C2CC2)C(=O)N1c1ccccc1. The summed E-state index contributed by atoms with van der Waals surface area (Å²) >= 11 is 0. The molecule has 1 aliphatic carbocycles. The van der Waals surface area contributed by atoms with Crippen molar-refractivity contribution in [2.45, 2.75) is 38.4 Å². The van der Waals surface area contributed by atoms with E-state index in [2.05, 4.69) is 0 Å². The fourth-order valence-corrected chi connectivity index (χ4v) is 3.54. The van der Waals surface area contributed by atoms with Crippen LogP contribution < -0.4 is 4.90 Å². The molecular weight excluding hydrogens is 345 g/mol. The van der Waals surface area contributed by atoms with Crippen molar-refractivity contribution in [2.75, 3.05) is 11.6 Å². The Morgan fingerprint density at radius 3 is 2.37 bits per heavy atom. The molecule has 2 aromatic carbocycles. The molecule has 2 aliphatic rings. The minimum absolute atomic E-state index is 0.185.